The van der Waals surface area contributed by atoms with E-state index in [-0.39, 0.29) is 5.54 Å². The van der Waals surface area contributed by atoms with Crippen molar-refractivity contribution >= 4 is 0 Å². The first kappa shape index (κ1) is 13.9. The Bertz CT molecular complexity index is 503. The summed E-state index contributed by atoms with van der Waals surface area (Å²) in [4.78, 5) is 0. The van der Waals surface area contributed by atoms with E-state index in [4.69, 9.17) is 4.74 Å². The number of methoxy groups -OCH3 is 1. The molecule has 2 aliphatic carbocycles. The lowest BCUT2D eigenvalue weighted by molar-refractivity contribution is 0.391. The van der Waals surface area contributed by atoms with E-state index in [2.05, 4.69) is 44.3 Å². The molecular formula is C18H27NO. The van der Waals surface area contributed by atoms with Crippen LogP contribution in [0, 0.1) is 5.92 Å². The van der Waals surface area contributed by atoms with Crippen molar-refractivity contribution in [2.45, 2.75) is 57.4 Å². The molecule has 1 aromatic carbocycles. The standard InChI is InChI=1S/C18H27NO/c1-17(2,3)19-12-14-11-18(14)9-5-6-13-10-15(20-4)7-8-16(13)18/h7-8,10,14,19H,5-6,9,11-12H2,1-4H3. The van der Waals surface area contributed by atoms with Crippen LogP contribution in [0.2, 0.25) is 0 Å². The van der Waals surface area contributed by atoms with Crippen LogP contribution in [0.3, 0.4) is 0 Å². The van der Waals surface area contributed by atoms with Gasteiger partial charge in [0.05, 0.1) is 7.11 Å². The Morgan fingerprint density at radius 1 is 1.35 bits per heavy atom. The fourth-order valence-corrected chi connectivity index (χ4v) is 3.83. The number of hydrogen-bond acceptors (Lipinski definition) is 2. The first-order valence-corrected chi connectivity index (χ1v) is 7.87. The molecule has 2 aliphatic rings. The predicted octanol–water partition coefficient (Wildman–Crippen LogP) is 3.68. The second-order valence-corrected chi connectivity index (χ2v) is 7.56. The Kier molecular flexibility index (Phi) is 3.32. The molecule has 2 unspecified atom stereocenters. The number of nitrogens with one attached hydrogen (secondary N) is 1. The van der Waals surface area contributed by atoms with Crippen LogP contribution in [0.25, 0.3) is 0 Å². The molecule has 0 saturated heterocycles. The highest BCUT2D eigenvalue weighted by Crippen LogP contribution is 2.60. The Labute approximate surface area is 122 Å². The molecule has 3 rings (SSSR count). The molecule has 0 bridgehead atoms. The van der Waals surface area contributed by atoms with Gasteiger partial charge in [-0.2, -0.15) is 0 Å². The van der Waals surface area contributed by atoms with Crippen molar-refractivity contribution < 1.29 is 4.74 Å². The maximum absolute atomic E-state index is 5.38. The highest BCUT2D eigenvalue weighted by atomic mass is 16.5. The number of aryl methyl sites for hydroxylation is 1. The van der Waals surface area contributed by atoms with Crippen LogP contribution in [-0.2, 0) is 11.8 Å². The van der Waals surface area contributed by atoms with Crippen molar-refractivity contribution in [3.63, 3.8) is 0 Å². The third-order valence-corrected chi connectivity index (χ3v) is 5.03. The van der Waals surface area contributed by atoms with Gasteiger partial charge in [-0.25, -0.2) is 0 Å². The second kappa shape index (κ2) is 4.77. The topological polar surface area (TPSA) is 21.3 Å². The van der Waals surface area contributed by atoms with Crippen molar-refractivity contribution in [2.75, 3.05) is 13.7 Å². The van der Waals surface area contributed by atoms with Crippen LogP contribution >= 0.6 is 0 Å². The maximum Gasteiger partial charge on any atom is 0.119 e. The summed E-state index contributed by atoms with van der Waals surface area (Å²) in [7, 11) is 1.76. The molecule has 0 radical (unpaired) electrons. The van der Waals surface area contributed by atoms with Crippen LogP contribution in [0.5, 0.6) is 5.75 Å². The van der Waals surface area contributed by atoms with E-state index in [0.29, 0.717) is 5.41 Å². The summed E-state index contributed by atoms with van der Waals surface area (Å²) in [6.07, 6.45) is 5.26. The Balaban J connectivity index is 1.78. The van der Waals surface area contributed by atoms with Crippen molar-refractivity contribution in [1.82, 2.24) is 5.32 Å². The van der Waals surface area contributed by atoms with Gasteiger partial charge in [-0.1, -0.05) is 6.07 Å². The Morgan fingerprint density at radius 2 is 2.15 bits per heavy atom. The smallest absolute Gasteiger partial charge is 0.119 e. The molecule has 2 nitrogen and oxygen atoms in total. The molecule has 1 N–H and O–H groups in total. The van der Waals surface area contributed by atoms with E-state index in [9.17, 15) is 0 Å². The van der Waals surface area contributed by atoms with Crippen molar-refractivity contribution in [3.05, 3.63) is 29.3 Å². The third-order valence-electron chi connectivity index (χ3n) is 5.03. The molecule has 1 aromatic rings. The summed E-state index contributed by atoms with van der Waals surface area (Å²) in [5.74, 6) is 1.82. The monoisotopic (exact) mass is 273 g/mol. The van der Waals surface area contributed by atoms with E-state index in [1.807, 2.05) is 0 Å². The number of hydrogen-bond donors (Lipinski definition) is 1. The predicted molar refractivity (Wildman–Crippen MR) is 83.5 cm³/mol. The minimum Gasteiger partial charge on any atom is -0.497 e. The van der Waals surface area contributed by atoms with Gasteiger partial charge in [0.25, 0.3) is 0 Å². The third kappa shape index (κ3) is 2.46. The lowest BCUT2D eigenvalue weighted by atomic mass is 9.78. The van der Waals surface area contributed by atoms with Crippen LogP contribution < -0.4 is 10.1 Å². The molecule has 1 fully saturated rings. The molecule has 0 heterocycles. The Hall–Kier alpha value is -1.02. The minimum atomic E-state index is 0.223. The normalized spacial score (nSPS) is 28.3. The van der Waals surface area contributed by atoms with E-state index in [1.54, 1.807) is 12.7 Å². The molecule has 20 heavy (non-hydrogen) atoms. The van der Waals surface area contributed by atoms with Gasteiger partial charge in [0.15, 0.2) is 0 Å². The zero-order valence-corrected chi connectivity index (χ0v) is 13.3. The van der Waals surface area contributed by atoms with Crippen LogP contribution in [0.15, 0.2) is 18.2 Å². The van der Waals surface area contributed by atoms with Crippen LogP contribution in [0.1, 0.15) is 51.2 Å². The van der Waals surface area contributed by atoms with Gasteiger partial charge in [-0.3, -0.25) is 0 Å². The lowest BCUT2D eigenvalue weighted by Gasteiger charge is -2.28. The summed E-state index contributed by atoms with van der Waals surface area (Å²) >= 11 is 0. The molecule has 1 saturated carbocycles. The van der Waals surface area contributed by atoms with E-state index < -0.39 is 0 Å². The summed E-state index contributed by atoms with van der Waals surface area (Å²) in [6.45, 7) is 7.90. The highest BCUT2D eigenvalue weighted by molar-refractivity contribution is 5.46. The molecule has 0 aliphatic heterocycles. The molecule has 110 valence electrons. The van der Waals surface area contributed by atoms with Gasteiger partial charge in [-0.15, -0.1) is 0 Å². The first-order valence-electron chi connectivity index (χ1n) is 7.87. The van der Waals surface area contributed by atoms with E-state index in [0.717, 1.165) is 18.2 Å². The molecule has 0 amide bonds. The molecular weight excluding hydrogens is 246 g/mol. The number of ether oxygens (including phenoxy) is 1. The lowest BCUT2D eigenvalue weighted by Crippen LogP contribution is -2.38. The molecule has 2 atom stereocenters. The average molecular weight is 273 g/mol. The second-order valence-electron chi connectivity index (χ2n) is 7.56. The summed E-state index contributed by atoms with van der Waals surface area (Å²) in [5.41, 5.74) is 3.82. The van der Waals surface area contributed by atoms with Gasteiger partial charge in [0, 0.05) is 5.54 Å². The largest absolute Gasteiger partial charge is 0.497 e. The molecule has 1 spiro atoms. The number of rotatable bonds is 3. The summed E-state index contributed by atoms with van der Waals surface area (Å²) < 4.78 is 5.38. The summed E-state index contributed by atoms with van der Waals surface area (Å²) in [6, 6.07) is 6.71. The quantitative estimate of drug-likeness (QED) is 0.907. The number of fused-ring (bicyclic) bond motifs is 2. The minimum absolute atomic E-state index is 0.223. The highest BCUT2D eigenvalue weighted by Gasteiger charge is 2.56. The van der Waals surface area contributed by atoms with Crippen LogP contribution in [-0.4, -0.2) is 19.2 Å². The van der Waals surface area contributed by atoms with Gasteiger partial charge >= 0.3 is 0 Å². The molecule has 0 aromatic heterocycles. The Morgan fingerprint density at radius 3 is 2.85 bits per heavy atom. The summed E-state index contributed by atoms with van der Waals surface area (Å²) in [5, 5.41) is 3.68. The first-order chi connectivity index (χ1) is 9.44. The van der Waals surface area contributed by atoms with Gasteiger partial charge < -0.3 is 10.1 Å². The fraction of sp³-hybridized carbons (Fsp3) is 0.667. The zero-order chi connectivity index (χ0) is 14.4. The fourth-order valence-electron chi connectivity index (χ4n) is 3.83. The number of benzene rings is 1. The van der Waals surface area contributed by atoms with Crippen molar-refractivity contribution in [3.8, 4) is 5.75 Å². The van der Waals surface area contributed by atoms with Crippen molar-refractivity contribution in [2.24, 2.45) is 5.92 Å². The maximum atomic E-state index is 5.38. The van der Waals surface area contributed by atoms with E-state index >= 15 is 0 Å². The zero-order valence-electron chi connectivity index (χ0n) is 13.3. The van der Waals surface area contributed by atoms with Gasteiger partial charge in [-0.05, 0) is 87.6 Å². The van der Waals surface area contributed by atoms with Crippen molar-refractivity contribution in [1.29, 1.82) is 0 Å². The SMILES string of the molecule is COc1ccc2c(c1)CCCC21CC1CNC(C)(C)C. The van der Waals surface area contributed by atoms with Gasteiger partial charge in [0.1, 0.15) is 5.75 Å². The van der Waals surface area contributed by atoms with E-state index in [1.165, 1.54) is 31.2 Å². The average Bonchev–Trinajstić information content (AvgIpc) is 3.09. The van der Waals surface area contributed by atoms with Gasteiger partial charge in [0.2, 0.25) is 0 Å². The molecule has 2 heteroatoms. The van der Waals surface area contributed by atoms with Crippen LogP contribution in [0.4, 0.5) is 0 Å².